The summed E-state index contributed by atoms with van der Waals surface area (Å²) in [7, 11) is 0. The highest BCUT2D eigenvalue weighted by Crippen LogP contribution is 2.17. The van der Waals surface area contributed by atoms with Crippen LogP contribution in [0.4, 0.5) is 10.5 Å². The molecular formula is C18H23N5O. The van der Waals surface area contributed by atoms with Gasteiger partial charge in [0.1, 0.15) is 0 Å². The Hall–Kier alpha value is -2.47. The van der Waals surface area contributed by atoms with Crippen molar-refractivity contribution in [3.8, 4) is 0 Å². The molecule has 1 saturated heterocycles. The molecule has 2 aromatic heterocycles. The first-order chi connectivity index (χ1) is 11.7. The third kappa shape index (κ3) is 4.29. The Balaban J connectivity index is 1.74. The predicted molar refractivity (Wildman–Crippen MR) is 93.7 cm³/mol. The zero-order valence-electron chi connectivity index (χ0n) is 13.9. The average molecular weight is 325 g/mol. The largest absolute Gasteiger partial charge is 0.322 e. The summed E-state index contributed by atoms with van der Waals surface area (Å²) in [5, 5.41) is 6.31. The van der Waals surface area contributed by atoms with Crippen molar-refractivity contribution in [2.24, 2.45) is 0 Å². The maximum Gasteiger partial charge on any atom is 0.322 e. The minimum Gasteiger partial charge on any atom is -0.317 e. The molecule has 2 N–H and O–H groups in total. The first-order valence-electron chi connectivity index (χ1n) is 8.33. The average Bonchev–Trinajstić information content (AvgIpc) is 2.63. The molecule has 0 saturated carbocycles. The highest BCUT2D eigenvalue weighted by Gasteiger charge is 2.26. The van der Waals surface area contributed by atoms with Gasteiger partial charge in [0.05, 0.1) is 24.1 Å². The second kappa shape index (κ2) is 7.88. The summed E-state index contributed by atoms with van der Waals surface area (Å²) in [5.74, 6) is 0. The number of nitrogens with one attached hydrogen (secondary N) is 2. The Labute approximate surface area is 142 Å². The first-order valence-corrected chi connectivity index (χ1v) is 8.33. The molecular weight excluding hydrogens is 302 g/mol. The van der Waals surface area contributed by atoms with E-state index in [-0.39, 0.29) is 12.1 Å². The van der Waals surface area contributed by atoms with Crippen LogP contribution in [-0.2, 0) is 6.54 Å². The highest BCUT2D eigenvalue weighted by molar-refractivity contribution is 5.89. The maximum atomic E-state index is 12.8. The second-order valence-electron chi connectivity index (χ2n) is 6.05. The number of hydrogen-bond donors (Lipinski definition) is 2. The molecule has 0 aromatic carbocycles. The van der Waals surface area contributed by atoms with Crippen LogP contribution in [0.1, 0.15) is 24.2 Å². The number of aryl methyl sites for hydroxylation is 1. The molecule has 0 spiro atoms. The Morgan fingerprint density at radius 2 is 2.08 bits per heavy atom. The van der Waals surface area contributed by atoms with Crippen molar-refractivity contribution in [2.45, 2.75) is 32.4 Å². The molecule has 3 rings (SSSR count). The van der Waals surface area contributed by atoms with Crippen LogP contribution in [0.25, 0.3) is 0 Å². The molecule has 2 amide bonds. The Morgan fingerprint density at radius 1 is 1.25 bits per heavy atom. The van der Waals surface area contributed by atoms with Gasteiger partial charge in [-0.15, -0.1) is 0 Å². The van der Waals surface area contributed by atoms with Gasteiger partial charge >= 0.3 is 6.03 Å². The summed E-state index contributed by atoms with van der Waals surface area (Å²) in [4.78, 5) is 23.3. The van der Waals surface area contributed by atoms with Gasteiger partial charge in [-0.2, -0.15) is 0 Å². The zero-order chi connectivity index (χ0) is 16.8. The maximum absolute atomic E-state index is 12.8. The van der Waals surface area contributed by atoms with Crippen LogP contribution in [0.15, 0.2) is 42.7 Å². The van der Waals surface area contributed by atoms with Gasteiger partial charge in [-0.3, -0.25) is 9.97 Å². The number of anilines is 1. The number of carbonyl (C=O) groups is 1. The van der Waals surface area contributed by atoms with Gasteiger partial charge in [0.2, 0.25) is 0 Å². The SMILES string of the molecule is Cc1ccc(NC(=O)N(Cc2ccccn2)C2CCNCC2)cn1. The zero-order valence-corrected chi connectivity index (χ0v) is 13.9. The lowest BCUT2D eigenvalue weighted by atomic mass is 10.0. The van der Waals surface area contributed by atoms with Gasteiger partial charge < -0.3 is 15.5 Å². The number of aromatic nitrogens is 2. The summed E-state index contributed by atoms with van der Waals surface area (Å²) in [6, 6.07) is 9.67. The summed E-state index contributed by atoms with van der Waals surface area (Å²) < 4.78 is 0. The van der Waals surface area contributed by atoms with E-state index in [0.717, 1.165) is 37.3 Å². The summed E-state index contributed by atoms with van der Waals surface area (Å²) in [6.45, 7) is 4.30. The van der Waals surface area contributed by atoms with E-state index in [1.807, 2.05) is 42.2 Å². The van der Waals surface area contributed by atoms with E-state index in [9.17, 15) is 4.79 Å². The molecule has 0 unspecified atom stereocenters. The Kier molecular flexibility index (Phi) is 5.38. The summed E-state index contributed by atoms with van der Waals surface area (Å²) in [6.07, 6.45) is 5.35. The molecule has 0 bridgehead atoms. The van der Waals surface area contributed by atoms with Crippen molar-refractivity contribution in [3.05, 3.63) is 54.1 Å². The van der Waals surface area contributed by atoms with Gasteiger partial charge in [0, 0.05) is 17.9 Å². The number of rotatable bonds is 4. The van der Waals surface area contributed by atoms with E-state index in [1.165, 1.54) is 0 Å². The topological polar surface area (TPSA) is 70.2 Å². The molecule has 0 aliphatic carbocycles. The fourth-order valence-electron chi connectivity index (χ4n) is 2.89. The smallest absolute Gasteiger partial charge is 0.317 e. The van der Waals surface area contributed by atoms with Crippen LogP contribution in [0.3, 0.4) is 0 Å². The van der Waals surface area contributed by atoms with Gasteiger partial charge in [0.25, 0.3) is 0 Å². The lowest BCUT2D eigenvalue weighted by molar-refractivity contribution is 0.165. The third-order valence-electron chi connectivity index (χ3n) is 4.23. The molecule has 1 aliphatic rings. The molecule has 1 aliphatic heterocycles. The standard InChI is InChI=1S/C18H23N5O/c1-14-5-6-15(12-21-14)22-18(24)23(17-7-10-19-11-8-17)13-16-4-2-3-9-20-16/h2-6,9,12,17,19H,7-8,10-11,13H2,1H3,(H,22,24). The van der Waals surface area contributed by atoms with Crippen molar-refractivity contribution in [2.75, 3.05) is 18.4 Å². The minimum absolute atomic E-state index is 0.0989. The van der Waals surface area contributed by atoms with Gasteiger partial charge in [-0.05, 0) is 57.1 Å². The van der Waals surface area contributed by atoms with Gasteiger partial charge in [0.15, 0.2) is 0 Å². The van der Waals surface area contributed by atoms with Crippen LogP contribution in [0.2, 0.25) is 0 Å². The van der Waals surface area contributed by atoms with E-state index >= 15 is 0 Å². The fourth-order valence-corrected chi connectivity index (χ4v) is 2.89. The molecule has 126 valence electrons. The fraction of sp³-hybridized carbons (Fsp3) is 0.389. The van der Waals surface area contributed by atoms with E-state index in [1.54, 1.807) is 12.4 Å². The second-order valence-corrected chi connectivity index (χ2v) is 6.05. The number of carbonyl (C=O) groups excluding carboxylic acids is 1. The summed E-state index contributed by atoms with van der Waals surface area (Å²) >= 11 is 0. The predicted octanol–water partition coefficient (Wildman–Crippen LogP) is 2.57. The lowest BCUT2D eigenvalue weighted by Crippen LogP contribution is -2.47. The van der Waals surface area contributed by atoms with Crippen LogP contribution in [0, 0.1) is 6.92 Å². The van der Waals surface area contributed by atoms with E-state index < -0.39 is 0 Å². The molecule has 1 fully saturated rings. The third-order valence-corrected chi connectivity index (χ3v) is 4.23. The van der Waals surface area contributed by atoms with Gasteiger partial charge in [-0.25, -0.2) is 4.79 Å². The number of urea groups is 1. The Bertz CT molecular complexity index is 653. The molecule has 2 aromatic rings. The van der Waals surface area contributed by atoms with Gasteiger partial charge in [-0.1, -0.05) is 6.07 Å². The number of pyridine rings is 2. The molecule has 24 heavy (non-hydrogen) atoms. The van der Waals surface area contributed by atoms with Crippen LogP contribution >= 0.6 is 0 Å². The van der Waals surface area contributed by atoms with Crippen molar-refractivity contribution in [1.82, 2.24) is 20.2 Å². The molecule has 0 atom stereocenters. The van der Waals surface area contributed by atoms with E-state index in [4.69, 9.17) is 0 Å². The first kappa shape index (κ1) is 16.4. The van der Waals surface area contributed by atoms with Crippen LogP contribution in [-0.4, -0.2) is 40.0 Å². The number of amides is 2. The quantitative estimate of drug-likeness (QED) is 0.906. The molecule has 0 radical (unpaired) electrons. The van der Waals surface area contributed by atoms with Crippen LogP contribution in [0.5, 0.6) is 0 Å². The van der Waals surface area contributed by atoms with E-state index in [0.29, 0.717) is 12.2 Å². The van der Waals surface area contributed by atoms with E-state index in [2.05, 4.69) is 20.6 Å². The lowest BCUT2D eigenvalue weighted by Gasteiger charge is -2.34. The summed E-state index contributed by atoms with van der Waals surface area (Å²) in [5.41, 5.74) is 2.54. The monoisotopic (exact) mass is 325 g/mol. The normalized spacial score (nSPS) is 15.0. The van der Waals surface area contributed by atoms with Crippen molar-refractivity contribution in [3.63, 3.8) is 0 Å². The van der Waals surface area contributed by atoms with Crippen molar-refractivity contribution < 1.29 is 4.79 Å². The number of hydrogen-bond acceptors (Lipinski definition) is 4. The minimum atomic E-state index is -0.0989. The van der Waals surface area contributed by atoms with Crippen molar-refractivity contribution >= 4 is 11.7 Å². The van der Waals surface area contributed by atoms with Crippen LogP contribution < -0.4 is 10.6 Å². The Morgan fingerprint density at radius 3 is 2.75 bits per heavy atom. The molecule has 6 nitrogen and oxygen atoms in total. The molecule has 3 heterocycles. The van der Waals surface area contributed by atoms with Crippen molar-refractivity contribution in [1.29, 1.82) is 0 Å². The number of nitrogens with zero attached hydrogens (tertiary/aromatic N) is 3. The molecule has 6 heteroatoms. The number of piperidine rings is 1. The highest BCUT2D eigenvalue weighted by atomic mass is 16.2.